The van der Waals surface area contributed by atoms with E-state index in [0.29, 0.717) is 12.1 Å². The number of esters is 1. The second-order valence-corrected chi connectivity index (χ2v) is 5.44. The van der Waals surface area contributed by atoms with Gasteiger partial charge in [-0.1, -0.05) is 48.5 Å². The van der Waals surface area contributed by atoms with Gasteiger partial charge in [0, 0.05) is 23.6 Å². The minimum atomic E-state index is -0.408. The van der Waals surface area contributed by atoms with Crippen molar-refractivity contribution in [1.29, 1.82) is 0 Å². The Hall–Kier alpha value is -3.08. The third kappa shape index (κ3) is 3.30. The van der Waals surface area contributed by atoms with Gasteiger partial charge in [0.15, 0.2) is 0 Å². The van der Waals surface area contributed by atoms with E-state index < -0.39 is 5.97 Å². The Balaban J connectivity index is 1.77. The molecule has 1 aromatic heterocycles. The fourth-order valence-corrected chi connectivity index (χ4v) is 2.66. The number of methoxy groups -OCH3 is 1. The van der Waals surface area contributed by atoms with Crippen LogP contribution in [0.25, 0.3) is 10.9 Å². The number of hydrogen-bond acceptors (Lipinski definition) is 3. The first kappa shape index (κ1) is 15.8. The topological polar surface area (TPSA) is 60.3 Å². The van der Waals surface area contributed by atoms with Gasteiger partial charge in [0.2, 0.25) is 5.91 Å². The second-order valence-electron chi connectivity index (χ2n) is 5.44. The summed E-state index contributed by atoms with van der Waals surface area (Å²) in [6.45, 7) is 0.618. The smallest absolute Gasteiger partial charge is 0.340 e. The molecule has 0 aliphatic rings. The molecule has 0 radical (unpaired) electrons. The van der Waals surface area contributed by atoms with Crippen LogP contribution in [0.3, 0.4) is 0 Å². The summed E-state index contributed by atoms with van der Waals surface area (Å²) in [5.41, 5.74) is 2.33. The lowest BCUT2D eigenvalue weighted by atomic mass is 10.2. The molecule has 0 spiro atoms. The molecule has 0 fully saturated rings. The minimum Gasteiger partial charge on any atom is -0.465 e. The number of aromatic nitrogens is 1. The predicted octanol–water partition coefficient (Wildman–Crippen LogP) is 2.74. The van der Waals surface area contributed by atoms with Gasteiger partial charge >= 0.3 is 5.97 Å². The highest BCUT2D eigenvalue weighted by molar-refractivity contribution is 6.04. The zero-order chi connectivity index (χ0) is 16.9. The van der Waals surface area contributed by atoms with E-state index in [1.54, 1.807) is 10.8 Å². The van der Waals surface area contributed by atoms with Crippen molar-refractivity contribution in [2.24, 2.45) is 0 Å². The van der Waals surface area contributed by atoms with Crippen molar-refractivity contribution < 1.29 is 14.3 Å². The summed E-state index contributed by atoms with van der Waals surface area (Å²) >= 11 is 0. The summed E-state index contributed by atoms with van der Waals surface area (Å²) in [7, 11) is 1.35. The summed E-state index contributed by atoms with van der Waals surface area (Å²) in [6.07, 6.45) is 1.67. The van der Waals surface area contributed by atoms with Crippen LogP contribution in [0.2, 0.25) is 0 Å². The first-order valence-corrected chi connectivity index (χ1v) is 7.66. The Morgan fingerprint density at radius 1 is 1.04 bits per heavy atom. The van der Waals surface area contributed by atoms with Gasteiger partial charge in [-0.05, 0) is 11.6 Å². The van der Waals surface area contributed by atoms with Crippen LogP contribution >= 0.6 is 0 Å². The van der Waals surface area contributed by atoms with E-state index >= 15 is 0 Å². The predicted molar refractivity (Wildman–Crippen MR) is 91.6 cm³/mol. The van der Waals surface area contributed by atoms with Crippen LogP contribution in [0.4, 0.5) is 0 Å². The molecule has 2 aromatic carbocycles. The third-order valence-electron chi connectivity index (χ3n) is 3.84. The largest absolute Gasteiger partial charge is 0.465 e. The fourth-order valence-electron chi connectivity index (χ4n) is 2.66. The van der Waals surface area contributed by atoms with Crippen molar-refractivity contribution in [2.45, 2.75) is 13.1 Å². The molecule has 0 saturated carbocycles. The highest BCUT2D eigenvalue weighted by atomic mass is 16.5. The molecule has 0 aliphatic carbocycles. The maximum Gasteiger partial charge on any atom is 0.340 e. The molecule has 1 amide bonds. The number of fused-ring (bicyclic) bond motifs is 1. The lowest BCUT2D eigenvalue weighted by molar-refractivity contribution is -0.121. The summed E-state index contributed by atoms with van der Waals surface area (Å²) in [6, 6.07) is 17.2. The van der Waals surface area contributed by atoms with Crippen LogP contribution in [0.15, 0.2) is 60.8 Å². The average molecular weight is 322 g/mol. The van der Waals surface area contributed by atoms with Gasteiger partial charge < -0.3 is 14.6 Å². The number of carbonyl (C=O) groups is 2. The van der Waals surface area contributed by atoms with Crippen molar-refractivity contribution in [3.8, 4) is 0 Å². The lowest BCUT2D eigenvalue weighted by Crippen LogP contribution is -2.26. The zero-order valence-corrected chi connectivity index (χ0v) is 13.4. The number of nitrogens with zero attached hydrogens (tertiary/aromatic N) is 1. The fraction of sp³-hybridized carbons (Fsp3) is 0.158. The highest BCUT2D eigenvalue weighted by Gasteiger charge is 2.16. The number of para-hydroxylation sites is 1. The molecule has 0 aliphatic heterocycles. The monoisotopic (exact) mass is 322 g/mol. The van der Waals surface area contributed by atoms with Crippen LogP contribution in [0.1, 0.15) is 15.9 Å². The summed E-state index contributed by atoms with van der Waals surface area (Å²) in [5.74, 6) is -0.523. The van der Waals surface area contributed by atoms with E-state index in [2.05, 4.69) is 5.32 Å². The highest BCUT2D eigenvalue weighted by Crippen LogP contribution is 2.21. The molecular formula is C19H18N2O3. The molecule has 1 N–H and O–H groups in total. The Kier molecular flexibility index (Phi) is 4.61. The van der Waals surface area contributed by atoms with Gasteiger partial charge in [-0.2, -0.15) is 0 Å². The van der Waals surface area contributed by atoms with Gasteiger partial charge in [0.1, 0.15) is 6.54 Å². The maximum absolute atomic E-state index is 12.2. The molecule has 0 unspecified atom stereocenters. The standard InChI is InChI=1S/C19H18N2O3/c1-24-19(23)16-12-21(17-10-6-5-9-15(16)17)13-18(22)20-11-14-7-3-2-4-8-14/h2-10,12H,11,13H2,1H3,(H,20,22). The average Bonchev–Trinajstić information content (AvgIpc) is 2.99. The molecule has 5 heteroatoms. The number of ether oxygens (including phenoxy) is 1. The Labute approximate surface area is 139 Å². The van der Waals surface area contributed by atoms with Gasteiger partial charge in [0.25, 0.3) is 0 Å². The first-order valence-electron chi connectivity index (χ1n) is 7.66. The van der Waals surface area contributed by atoms with E-state index in [4.69, 9.17) is 4.74 Å². The normalized spacial score (nSPS) is 10.5. The second kappa shape index (κ2) is 7.00. The van der Waals surface area contributed by atoms with E-state index in [1.807, 2.05) is 54.6 Å². The van der Waals surface area contributed by atoms with Crippen molar-refractivity contribution in [2.75, 3.05) is 7.11 Å². The van der Waals surface area contributed by atoms with E-state index in [1.165, 1.54) is 7.11 Å². The van der Waals surface area contributed by atoms with Crippen molar-refractivity contribution >= 4 is 22.8 Å². The van der Waals surface area contributed by atoms with Crippen molar-refractivity contribution in [3.63, 3.8) is 0 Å². The van der Waals surface area contributed by atoms with Crippen LogP contribution < -0.4 is 5.32 Å². The van der Waals surface area contributed by atoms with Crippen LogP contribution in [-0.4, -0.2) is 23.6 Å². The van der Waals surface area contributed by atoms with Gasteiger partial charge in [-0.15, -0.1) is 0 Å². The zero-order valence-electron chi connectivity index (χ0n) is 13.4. The molecule has 0 bridgehead atoms. The van der Waals surface area contributed by atoms with Crippen molar-refractivity contribution in [1.82, 2.24) is 9.88 Å². The number of carbonyl (C=O) groups excluding carboxylic acids is 2. The molecule has 0 atom stereocenters. The van der Waals surface area contributed by atoms with Crippen molar-refractivity contribution in [3.05, 3.63) is 71.9 Å². The maximum atomic E-state index is 12.2. The number of amides is 1. The molecule has 1 heterocycles. The minimum absolute atomic E-state index is 0.115. The van der Waals surface area contributed by atoms with E-state index in [9.17, 15) is 9.59 Å². The molecule has 0 saturated heterocycles. The molecular weight excluding hydrogens is 304 g/mol. The van der Waals surface area contributed by atoms with Gasteiger partial charge in [-0.25, -0.2) is 4.79 Å². The summed E-state index contributed by atoms with van der Waals surface area (Å²) in [4.78, 5) is 24.1. The molecule has 5 nitrogen and oxygen atoms in total. The van der Waals surface area contributed by atoms with Gasteiger partial charge in [-0.3, -0.25) is 4.79 Å². The van der Waals surface area contributed by atoms with E-state index in [-0.39, 0.29) is 12.5 Å². The van der Waals surface area contributed by atoms with Crippen LogP contribution in [0, 0.1) is 0 Å². The number of nitrogens with one attached hydrogen (secondary N) is 1. The quantitative estimate of drug-likeness (QED) is 0.735. The van der Waals surface area contributed by atoms with Crippen LogP contribution in [-0.2, 0) is 22.6 Å². The SMILES string of the molecule is COC(=O)c1cn(CC(=O)NCc2ccccc2)c2ccccc12. The lowest BCUT2D eigenvalue weighted by Gasteiger charge is -2.07. The van der Waals surface area contributed by atoms with Crippen LogP contribution in [0.5, 0.6) is 0 Å². The molecule has 122 valence electrons. The first-order chi connectivity index (χ1) is 11.7. The molecule has 3 aromatic rings. The summed E-state index contributed by atoms with van der Waals surface area (Å²) in [5, 5.41) is 3.67. The Morgan fingerprint density at radius 2 is 1.75 bits per heavy atom. The Bertz CT molecular complexity index is 869. The van der Waals surface area contributed by atoms with Gasteiger partial charge in [0.05, 0.1) is 12.7 Å². The van der Waals surface area contributed by atoms with E-state index in [0.717, 1.165) is 16.5 Å². The summed E-state index contributed by atoms with van der Waals surface area (Å²) < 4.78 is 6.58. The third-order valence-corrected chi connectivity index (χ3v) is 3.84. The molecule has 24 heavy (non-hydrogen) atoms. The molecule has 3 rings (SSSR count). The number of hydrogen-bond donors (Lipinski definition) is 1. The number of benzene rings is 2. The Morgan fingerprint density at radius 3 is 2.50 bits per heavy atom. The number of rotatable bonds is 5.